The Labute approximate surface area is 172 Å². The molecule has 0 radical (unpaired) electrons. The van der Waals surface area contributed by atoms with Gasteiger partial charge in [0.2, 0.25) is 0 Å². The van der Waals surface area contributed by atoms with Gasteiger partial charge in [-0.3, -0.25) is 4.79 Å². The number of nitrogens with zero attached hydrogens (tertiary/aromatic N) is 2. The average Bonchev–Trinajstić information content (AvgIpc) is 2.98. The highest BCUT2D eigenvalue weighted by molar-refractivity contribution is 6.28. The van der Waals surface area contributed by atoms with Crippen molar-refractivity contribution in [3.63, 3.8) is 0 Å². The first-order valence-corrected chi connectivity index (χ1v) is 8.46. The maximum atomic E-state index is 13.7. The Bertz CT molecular complexity index is 1060. The minimum absolute atomic E-state index is 0. The van der Waals surface area contributed by atoms with Crippen LogP contribution in [0.15, 0.2) is 60.8 Å². The minimum Gasteiger partial charge on any atom is -0.366 e. The molecule has 0 aliphatic rings. The Morgan fingerprint density at radius 3 is 2.14 bits per heavy atom. The number of alkyl halides is 3. The van der Waals surface area contributed by atoms with Gasteiger partial charge in [0.15, 0.2) is 0 Å². The molecule has 1 amide bonds. The number of hydrogen-bond acceptors (Lipinski definition) is 2. The Morgan fingerprint density at radius 2 is 1.62 bits per heavy atom. The predicted molar refractivity (Wildman–Crippen MR) is 108 cm³/mol. The number of rotatable bonds is 4. The van der Waals surface area contributed by atoms with Crippen molar-refractivity contribution in [2.45, 2.75) is 13.1 Å². The largest absolute Gasteiger partial charge is 0.417 e. The molecular formula is C21H19ClF3N3O. The van der Waals surface area contributed by atoms with E-state index in [2.05, 4.69) is 4.98 Å². The van der Waals surface area contributed by atoms with Crippen LogP contribution in [0, 0.1) is 6.92 Å². The number of primary amides is 1. The number of imidazole rings is 1. The van der Waals surface area contributed by atoms with Crippen LogP contribution in [0.3, 0.4) is 0 Å². The summed E-state index contributed by atoms with van der Waals surface area (Å²) in [7, 11) is 1.68. The first-order valence-electron chi connectivity index (χ1n) is 8.46. The van der Waals surface area contributed by atoms with E-state index in [0.29, 0.717) is 17.1 Å². The zero-order chi connectivity index (χ0) is 20.5. The van der Waals surface area contributed by atoms with E-state index in [1.165, 1.54) is 24.4 Å². The maximum absolute atomic E-state index is 13.7. The molecule has 4 nitrogen and oxygen atoms in total. The molecule has 8 heteroatoms. The molecule has 1 aromatic heterocycles. The van der Waals surface area contributed by atoms with Crippen molar-refractivity contribution in [3.05, 3.63) is 89.0 Å². The first kappa shape index (κ1) is 22.2. The van der Waals surface area contributed by atoms with Gasteiger partial charge in [-0.2, -0.15) is 13.2 Å². The molecule has 3 rings (SSSR count). The van der Waals surface area contributed by atoms with Crippen molar-refractivity contribution in [1.82, 2.24) is 9.55 Å². The number of aromatic nitrogens is 2. The van der Waals surface area contributed by atoms with Crippen LogP contribution in [0.4, 0.5) is 13.2 Å². The molecule has 1 heterocycles. The summed E-state index contributed by atoms with van der Waals surface area (Å²) in [5.41, 5.74) is 5.60. The van der Waals surface area contributed by atoms with E-state index in [0.717, 1.165) is 6.07 Å². The third-order valence-corrected chi connectivity index (χ3v) is 4.54. The highest BCUT2D eigenvalue weighted by Crippen LogP contribution is 2.40. The summed E-state index contributed by atoms with van der Waals surface area (Å²) >= 11 is 0. The topological polar surface area (TPSA) is 60.9 Å². The van der Waals surface area contributed by atoms with E-state index < -0.39 is 17.6 Å². The third kappa shape index (κ3) is 4.35. The van der Waals surface area contributed by atoms with Gasteiger partial charge in [-0.15, -0.1) is 12.4 Å². The SMILES string of the molecule is Cc1ncc(/C(C(N)=O)=C(/c2ccccc2)c2ccccc2C(F)(F)F)n1C.Cl. The predicted octanol–water partition coefficient (Wildman–Crippen LogP) is 4.61. The average molecular weight is 422 g/mol. The van der Waals surface area contributed by atoms with Gasteiger partial charge in [0.05, 0.1) is 23.0 Å². The second-order valence-corrected chi connectivity index (χ2v) is 6.27. The molecule has 0 aliphatic carbocycles. The van der Waals surface area contributed by atoms with Crippen molar-refractivity contribution in [1.29, 1.82) is 0 Å². The molecule has 0 bridgehead atoms. The third-order valence-electron chi connectivity index (χ3n) is 4.54. The molecule has 0 aliphatic heterocycles. The number of nitrogens with two attached hydrogens (primary N) is 1. The quantitative estimate of drug-likeness (QED) is 0.625. The number of halogens is 4. The van der Waals surface area contributed by atoms with Crippen LogP contribution in [0.5, 0.6) is 0 Å². The molecule has 0 unspecified atom stereocenters. The molecule has 3 aromatic rings. The van der Waals surface area contributed by atoms with Crippen molar-refractivity contribution in [2.75, 3.05) is 0 Å². The van der Waals surface area contributed by atoms with Gasteiger partial charge in [-0.1, -0.05) is 48.5 Å². The summed E-state index contributed by atoms with van der Waals surface area (Å²) in [6.07, 6.45) is -3.16. The molecular weight excluding hydrogens is 403 g/mol. The number of amides is 1. The number of carbonyl (C=O) groups is 1. The van der Waals surface area contributed by atoms with Gasteiger partial charge < -0.3 is 10.3 Å². The Balaban J connectivity index is 0.00000300. The minimum atomic E-state index is -4.60. The first-order chi connectivity index (χ1) is 13.2. The fourth-order valence-corrected chi connectivity index (χ4v) is 3.10. The van der Waals surface area contributed by atoms with E-state index in [4.69, 9.17) is 5.73 Å². The maximum Gasteiger partial charge on any atom is 0.417 e. The van der Waals surface area contributed by atoms with E-state index in [-0.39, 0.29) is 29.1 Å². The lowest BCUT2D eigenvalue weighted by molar-refractivity contribution is -0.137. The van der Waals surface area contributed by atoms with Gasteiger partial charge in [0.25, 0.3) is 5.91 Å². The molecule has 2 aromatic carbocycles. The Morgan fingerprint density at radius 1 is 1.03 bits per heavy atom. The summed E-state index contributed by atoms with van der Waals surface area (Å²) in [6.45, 7) is 1.73. The van der Waals surface area contributed by atoms with Crippen LogP contribution in [0.2, 0.25) is 0 Å². The Hall–Kier alpha value is -3.06. The lowest BCUT2D eigenvalue weighted by Crippen LogP contribution is -2.18. The summed E-state index contributed by atoms with van der Waals surface area (Å²) in [6, 6.07) is 13.6. The monoisotopic (exact) mass is 421 g/mol. The summed E-state index contributed by atoms with van der Waals surface area (Å²) in [4.78, 5) is 16.6. The Kier molecular flexibility index (Phi) is 6.54. The molecule has 2 N–H and O–H groups in total. The van der Waals surface area contributed by atoms with Crippen LogP contribution in [-0.2, 0) is 18.0 Å². The molecule has 0 spiro atoms. The molecule has 0 saturated heterocycles. The molecule has 29 heavy (non-hydrogen) atoms. The van der Waals surface area contributed by atoms with Crippen molar-refractivity contribution < 1.29 is 18.0 Å². The van der Waals surface area contributed by atoms with E-state index in [9.17, 15) is 18.0 Å². The van der Waals surface area contributed by atoms with Crippen molar-refractivity contribution in [2.24, 2.45) is 12.8 Å². The van der Waals surface area contributed by atoms with Crippen molar-refractivity contribution in [3.8, 4) is 0 Å². The van der Waals surface area contributed by atoms with Crippen LogP contribution in [0.1, 0.15) is 28.2 Å². The lowest BCUT2D eigenvalue weighted by atomic mass is 9.88. The second-order valence-electron chi connectivity index (χ2n) is 6.27. The fourth-order valence-electron chi connectivity index (χ4n) is 3.10. The van der Waals surface area contributed by atoms with Crippen LogP contribution in [0.25, 0.3) is 11.1 Å². The van der Waals surface area contributed by atoms with Gasteiger partial charge in [0, 0.05) is 12.6 Å². The standard InChI is InChI=1S/C21H18F3N3O.ClH/c1-13-26-12-17(27(13)2)19(20(25)28)18(14-8-4-3-5-9-14)15-10-6-7-11-16(15)21(22,23)24;/h3-12H,1-2H3,(H2,25,28);1H/b19-18+;. The van der Waals surface area contributed by atoms with E-state index in [1.54, 1.807) is 48.9 Å². The van der Waals surface area contributed by atoms with Gasteiger partial charge in [0.1, 0.15) is 5.82 Å². The van der Waals surface area contributed by atoms with Crippen LogP contribution < -0.4 is 5.73 Å². The summed E-state index contributed by atoms with van der Waals surface area (Å²) in [5, 5.41) is 0. The van der Waals surface area contributed by atoms with Gasteiger partial charge >= 0.3 is 6.18 Å². The zero-order valence-electron chi connectivity index (χ0n) is 15.7. The number of hydrogen-bond donors (Lipinski definition) is 1. The van der Waals surface area contributed by atoms with Crippen LogP contribution in [-0.4, -0.2) is 15.5 Å². The number of benzene rings is 2. The van der Waals surface area contributed by atoms with Gasteiger partial charge in [-0.05, 0) is 24.1 Å². The van der Waals surface area contributed by atoms with Gasteiger partial charge in [-0.25, -0.2) is 4.98 Å². The second kappa shape index (κ2) is 8.53. The smallest absolute Gasteiger partial charge is 0.366 e. The highest BCUT2D eigenvalue weighted by Gasteiger charge is 2.35. The van der Waals surface area contributed by atoms with Crippen LogP contribution >= 0.6 is 12.4 Å². The number of aryl methyl sites for hydroxylation is 1. The highest BCUT2D eigenvalue weighted by atomic mass is 35.5. The zero-order valence-corrected chi connectivity index (χ0v) is 16.5. The molecule has 0 atom stereocenters. The van der Waals surface area contributed by atoms with E-state index in [1.807, 2.05) is 0 Å². The summed E-state index contributed by atoms with van der Waals surface area (Å²) < 4.78 is 42.8. The molecule has 152 valence electrons. The fraction of sp³-hybridized carbons (Fsp3) is 0.143. The molecule has 0 saturated carbocycles. The molecule has 0 fully saturated rings. The van der Waals surface area contributed by atoms with Crippen molar-refractivity contribution >= 4 is 29.5 Å². The van der Waals surface area contributed by atoms with E-state index >= 15 is 0 Å². The normalized spacial score (nSPS) is 12.2. The lowest BCUT2D eigenvalue weighted by Gasteiger charge is -2.19. The summed E-state index contributed by atoms with van der Waals surface area (Å²) in [5.74, 6) is -0.232. The number of carbonyl (C=O) groups excluding carboxylic acids is 1.